The van der Waals surface area contributed by atoms with Crippen LogP contribution in [0.4, 0.5) is 0 Å². The summed E-state index contributed by atoms with van der Waals surface area (Å²) < 4.78 is 5.52. The van der Waals surface area contributed by atoms with Crippen LogP contribution in [0.5, 0.6) is 0 Å². The lowest BCUT2D eigenvalue weighted by molar-refractivity contribution is 0.0776. The summed E-state index contributed by atoms with van der Waals surface area (Å²) in [5.41, 5.74) is 0.526. The standard InChI is InChI=1S/C15H31N3O/c1-5-15(8-6-9-15)12-18-14(16-4)17-10-7-11-19-13(2)3/h13H,5-12H2,1-4H3,(H2,16,17,18). The summed E-state index contributed by atoms with van der Waals surface area (Å²) in [6, 6.07) is 0. The zero-order chi connectivity index (χ0) is 14.1. The first-order chi connectivity index (χ1) is 9.12. The third-order valence-electron chi connectivity index (χ3n) is 4.08. The van der Waals surface area contributed by atoms with Gasteiger partial charge in [0.25, 0.3) is 0 Å². The number of rotatable bonds is 8. The van der Waals surface area contributed by atoms with Crippen molar-refractivity contribution in [2.45, 2.75) is 59.0 Å². The minimum atomic E-state index is 0.320. The topological polar surface area (TPSA) is 45.7 Å². The molecule has 1 rings (SSSR count). The maximum absolute atomic E-state index is 5.52. The molecule has 0 aliphatic heterocycles. The van der Waals surface area contributed by atoms with Gasteiger partial charge in [-0.3, -0.25) is 4.99 Å². The molecule has 4 heteroatoms. The minimum absolute atomic E-state index is 0.320. The number of guanidine groups is 1. The quantitative estimate of drug-likeness (QED) is 0.404. The van der Waals surface area contributed by atoms with Crippen LogP contribution in [0.3, 0.4) is 0 Å². The highest BCUT2D eigenvalue weighted by atomic mass is 16.5. The summed E-state index contributed by atoms with van der Waals surface area (Å²) in [7, 11) is 1.83. The molecule has 1 saturated carbocycles. The number of hydrogen-bond acceptors (Lipinski definition) is 2. The molecule has 0 radical (unpaired) electrons. The number of hydrogen-bond donors (Lipinski definition) is 2. The van der Waals surface area contributed by atoms with Gasteiger partial charge in [0.05, 0.1) is 6.10 Å². The van der Waals surface area contributed by atoms with E-state index in [0.29, 0.717) is 11.5 Å². The monoisotopic (exact) mass is 269 g/mol. The van der Waals surface area contributed by atoms with Crippen molar-refractivity contribution in [1.82, 2.24) is 10.6 Å². The second-order valence-electron chi connectivity index (χ2n) is 5.83. The minimum Gasteiger partial charge on any atom is -0.379 e. The van der Waals surface area contributed by atoms with Gasteiger partial charge in [-0.1, -0.05) is 13.3 Å². The fraction of sp³-hybridized carbons (Fsp3) is 0.933. The van der Waals surface area contributed by atoms with E-state index in [0.717, 1.165) is 32.1 Å². The first-order valence-electron chi connectivity index (χ1n) is 7.68. The molecule has 0 saturated heterocycles. The summed E-state index contributed by atoms with van der Waals surface area (Å²) in [4.78, 5) is 4.27. The van der Waals surface area contributed by atoms with E-state index in [1.165, 1.54) is 25.7 Å². The molecular formula is C15H31N3O. The SMILES string of the molecule is CCC1(CNC(=NC)NCCCOC(C)C)CCC1. The molecule has 0 spiro atoms. The first-order valence-corrected chi connectivity index (χ1v) is 7.68. The van der Waals surface area contributed by atoms with Gasteiger partial charge in [0, 0.05) is 26.7 Å². The molecule has 1 fully saturated rings. The maximum Gasteiger partial charge on any atom is 0.190 e. The molecule has 0 atom stereocenters. The second kappa shape index (κ2) is 8.41. The lowest BCUT2D eigenvalue weighted by Gasteiger charge is -2.41. The zero-order valence-corrected chi connectivity index (χ0v) is 13.1. The van der Waals surface area contributed by atoms with Crippen LogP contribution in [0.2, 0.25) is 0 Å². The van der Waals surface area contributed by atoms with E-state index in [1.54, 1.807) is 0 Å². The Morgan fingerprint density at radius 1 is 1.32 bits per heavy atom. The van der Waals surface area contributed by atoms with Gasteiger partial charge in [-0.2, -0.15) is 0 Å². The van der Waals surface area contributed by atoms with Gasteiger partial charge < -0.3 is 15.4 Å². The second-order valence-corrected chi connectivity index (χ2v) is 5.83. The first kappa shape index (κ1) is 16.3. The summed E-state index contributed by atoms with van der Waals surface area (Å²) in [6.45, 7) is 9.19. The van der Waals surface area contributed by atoms with E-state index in [-0.39, 0.29) is 0 Å². The number of ether oxygens (including phenoxy) is 1. The van der Waals surface area contributed by atoms with Crippen molar-refractivity contribution in [2.24, 2.45) is 10.4 Å². The Morgan fingerprint density at radius 3 is 2.53 bits per heavy atom. The molecule has 0 bridgehead atoms. The van der Waals surface area contributed by atoms with Crippen LogP contribution in [0, 0.1) is 5.41 Å². The molecule has 0 aromatic heterocycles. The van der Waals surface area contributed by atoms with Gasteiger partial charge in [-0.25, -0.2) is 0 Å². The zero-order valence-electron chi connectivity index (χ0n) is 13.1. The highest BCUT2D eigenvalue weighted by Gasteiger charge is 2.34. The molecule has 1 aliphatic carbocycles. The molecule has 1 aliphatic rings. The Labute approximate surface area is 118 Å². The predicted octanol–water partition coefficient (Wildman–Crippen LogP) is 2.55. The average molecular weight is 269 g/mol. The van der Waals surface area contributed by atoms with Crippen molar-refractivity contribution < 1.29 is 4.74 Å². The number of nitrogens with zero attached hydrogens (tertiary/aromatic N) is 1. The molecule has 0 aromatic rings. The van der Waals surface area contributed by atoms with Crippen LogP contribution >= 0.6 is 0 Å². The third kappa shape index (κ3) is 5.81. The Kier molecular flexibility index (Phi) is 7.21. The van der Waals surface area contributed by atoms with E-state index in [9.17, 15) is 0 Å². The Morgan fingerprint density at radius 2 is 2.05 bits per heavy atom. The van der Waals surface area contributed by atoms with Gasteiger partial charge in [-0.05, 0) is 44.9 Å². The van der Waals surface area contributed by atoms with E-state index in [1.807, 2.05) is 7.05 Å². The van der Waals surface area contributed by atoms with Crippen molar-refractivity contribution in [2.75, 3.05) is 26.7 Å². The summed E-state index contributed by atoms with van der Waals surface area (Å²) in [6.07, 6.45) is 6.69. The smallest absolute Gasteiger partial charge is 0.190 e. The fourth-order valence-electron chi connectivity index (χ4n) is 2.42. The van der Waals surface area contributed by atoms with Gasteiger partial charge >= 0.3 is 0 Å². The molecule has 0 heterocycles. The third-order valence-corrected chi connectivity index (χ3v) is 4.08. The van der Waals surface area contributed by atoms with Crippen molar-refractivity contribution in [3.8, 4) is 0 Å². The van der Waals surface area contributed by atoms with Gasteiger partial charge in [-0.15, -0.1) is 0 Å². The van der Waals surface area contributed by atoms with Crippen molar-refractivity contribution >= 4 is 5.96 Å². The molecule has 0 aromatic carbocycles. The summed E-state index contributed by atoms with van der Waals surface area (Å²) in [5.74, 6) is 0.921. The molecular weight excluding hydrogens is 238 g/mol. The van der Waals surface area contributed by atoms with Crippen LogP contribution in [0.1, 0.15) is 52.9 Å². The van der Waals surface area contributed by atoms with Crippen molar-refractivity contribution in [3.63, 3.8) is 0 Å². The van der Waals surface area contributed by atoms with Crippen molar-refractivity contribution in [1.29, 1.82) is 0 Å². The van der Waals surface area contributed by atoms with Gasteiger partial charge in [0.1, 0.15) is 0 Å². The van der Waals surface area contributed by atoms with E-state index in [4.69, 9.17) is 4.74 Å². The van der Waals surface area contributed by atoms with Crippen LogP contribution in [-0.2, 0) is 4.74 Å². The highest BCUT2D eigenvalue weighted by Crippen LogP contribution is 2.42. The molecule has 0 amide bonds. The molecule has 2 N–H and O–H groups in total. The van der Waals surface area contributed by atoms with Crippen LogP contribution in [0.25, 0.3) is 0 Å². The van der Waals surface area contributed by atoms with Crippen LogP contribution in [-0.4, -0.2) is 38.8 Å². The van der Waals surface area contributed by atoms with E-state index in [2.05, 4.69) is 36.4 Å². The number of aliphatic imine (C=N–C) groups is 1. The molecule has 4 nitrogen and oxygen atoms in total. The fourth-order valence-corrected chi connectivity index (χ4v) is 2.42. The van der Waals surface area contributed by atoms with E-state index < -0.39 is 0 Å². The Balaban J connectivity index is 2.12. The predicted molar refractivity (Wildman–Crippen MR) is 81.6 cm³/mol. The maximum atomic E-state index is 5.52. The lowest BCUT2D eigenvalue weighted by Crippen LogP contribution is -2.46. The van der Waals surface area contributed by atoms with Gasteiger partial charge in [0.2, 0.25) is 0 Å². The molecule has 112 valence electrons. The Hall–Kier alpha value is -0.770. The van der Waals surface area contributed by atoms with E-state index >= 15 is 0 Å². The highest BCUT2D eigenvalue weighted by molar-refractivity contribution is 5.79. The van der Waals surface area contributed by atoms with Crippen LogP contribution in [0.15, 0.2) is 4.99 Å². The average Bonchev–Trinajstić information content (AvgIpc) is 2.34. The normalized spacial score (nSPS) is 18.3. The Bertz CT molecular complexity index is 267. The molecule has 0 unspecified atom stereocenters. The summed E-state index contributed by atoms with van der Waals surface area (Å²) >= 11 is 0. The molecule has 19 heavy (non-hydrogen) atoms. The summed E-state index contributed by atoms with van der Waals surface area (Å²) in [5, 5.41) is 6.81. The largest absolute Gasteiger partial charge is 0.379 e. The number of nitrogens with one attached hydrogen (secondary N) is 2. The van der Waals surface area contributed by atoms with Gasteiger partial charge in [0.15, 0.2) is 5.96 Å². The van der Waals surface area contributed by atoms with Crippen LogP contribution < -0.4 is 10.6 Å². The van der Waals surface area contributed by atoms with Crippen molar-refractivity contribution in [3.05, 3.63) is 0 Å². The lowest BCUT2D eigenvalue weighted by atomic mass is 9.67.